The molecule has 0 radical (unpaired) electrons. The van der Waals surface area contributed by atoms with E-state index in [0.29, 0.717) is 13.1 Å². The van der Waals surface area contributed by atoms with Gasteiger partial charge in [-0.05, 0) is 6.92 Å². The lowest BCUT2D eigenvalue weighted by Gasteiger charge is -2.31. The SMILES string of the molecule is CCN1CCN(C(=O)NC/C=N\O)C(=O)C1=O. The van der Waals surface area contributed by atoms with E-state index in [-0.39, 0.29) is 13.1 Å². The smallest absolute Gasteiger partial charge is 0.324 e. The second kappa shape index (κ2) is 5.83. The van der Waals surface area contributed by atoms with Crippen molar-refractivity contribution in [2.45, 2.75) is 6.92 Å². The Morgan fingerprint density at radius 3 is 2.76 bits per heavy atom. The van der Waals surface area contributed by atoms with Crippen LogP contribution >= 0.6 is 0 Å². The third-order valence-corrected chi connectivity index (χ3v) is 2.36. The molecule has 0 atom stereocenters. The summed E-state index contributed by atoms with van der Waals surface area (Å²) in [5, 5.41) is 13.1. The Morgan fingerprint density at radius 2 is 2.18 bits per heavy atom. The fourth-order valence-electron chi connectivity index (χ4n) is 1.44. The highest BCUT2D eigenvalue weighted by Gasteiger charge is 2.34. The number of hydrogen-bond acceptors (Lipinski definition) is 5. The molecule has 0 aromatic carbocycles. The number of nitrogens with zero attached hydrogens (tertiary/aromatic N) is 3. The van der Waals surface area contributed by atoms with Crippen molar-refractivity contribution in [3.63, 3.8) is 0 Å². The summed E-state index contributed by atoms with van der Waals surface area (Å²) in [6, 6.07) is -0.668. The molecule has 1 fully saturated rings. The molecular weight excluding hydrogens is 228 g/mol. The standard InChI is InChI=1S/C9H14N4O4/c1-2-12-5-6-13(8(15)7(12)14)9(16)10-3-4-11-17/h4,17H,2-3,5-6H2,1H3,(H,10,16)/b11-4-. The highest BCUT2D eigenvalue weighted by Crippen LogP contribution is 2.04. The van der Waals surface area contributed by atoms with Crippen molar-refractivity contribution in [3.8, 4) is 0 Å². The number of imide groups is 1. The van der Waals surface area contributed by atoms with Crippen LogP contribution in [0.25, 0.3) is 0 Å². The van der Waals surface area contributed by atoms with E-state index in [2.05, 4.69) is 10.5 Å². The lowest BCUT2D eigenvalue weighted by molar-refractivity contribution is -0.153. The van der Waals surface area contributed by atoms with Crippen LogP contribution in [-0.4, -0.2) is 65.2 Å². The van der Waals surface area contributed by atoms with Gasteiger partial charge in [-0.2, -0.15) is 0 Å². The van der Waals surface area contributed by atoms with Gasteiger partial charge in [-0.3, -0.25) is 14.5 Å². The largest absolute Gasteiger partial charge is 0.411 e. The molecule has 1 saturated heterocycles. The molecule has 1 aliphatic rings. The Kier molecular flexibility index (Phi) is 4.44. The van der Waals surface area contributed by atoms with Gasteiger partial charge in [0.15, 0.2) is 0 Å². The average molecular weight is 242 g/mol. The number of rotatable bonds is 3. The van der Waals surface area contributed by atoms with Crippen LogP contribution in [0.2, 0.25) is 0 Å². The van der Waals surface area contributed by atoms with Crippen LogP contribution in [0.5, 0.6) is 0 Å². The summed E-state index contributed by atoms with van der Waals surface area (Å²) in [4.78, 5) is 36.8. The second-order valence-corrected chi connectivity index (χ2v) is 3.33. The Labute approximate surface area is 97.9 Å². The van der Waals surface area contributed by atoms with E-state index in [1.54, 1.807) is 6.92 Å². The van der Waals surface area contributed by atoms with Crippen molar-refractivity contribution in [3.05, 3.63) is 0 Å². The van der Waals surface area contributed by atoms with Crippen molar-refractivity contribution < 1.29 is 19.6 Å². The molecule has 0 spiro atoms. The quantitative estimate of drug-likeness (QED) is 0.282. The Morgan fingerprint density at radius 1 is 1.47 bits per heavy atom. The van der Waals surface area contributed by atoms with E-state index >= 15 is 0 Å². The molecule has 8 heteroatoms. The zero-order valence-electron chi connectivity index (χ0n) is 9.42. The van der Waals surface area contributed by atoms with Gasteiger partial charge in [0.2, 0.25) is 0 Å². The van der Waals surface area contributed by atoms with Crippen LogP contribution in [-0.2, 0) is 9.59 Å². The van der Waals surface area contributed by atoms with Gasteiger partial charge in [0.05, 0.1) is 12.8 Å². The van der Waals surface area contributed by atoms with E-state index in [1.165, 1.54) is 4.90 Å². The molecule has 0 aliphatic carbocycles. The van der Waals surface area contributed by atoms with E-state index in [1.807, 2.05) is 0 Å². The fourth-order valence-corrected chi connectivity index (χ4v) is 1.44. The van der Waals surface area contributed by atoms with Gasteiger partial charge in [-0.1, -0.05) is 0 Å². The normalized spacial score (nSPS) is 16.8. The maximum absolute atomic E-state index is 11.6. The molecule has 0 aromatic heterocycles. The number of nitrogens with one attached hydrogen (secondary N) is 1. The maximum atomic E-state index is 11.6. The van der Waals surface area contributed by atoms with Gasteiger partial charge in [0, 0.05) is 19.6 Å². The molecule has 4 amide bonds. The third-order valence-electron chi connectivity index (χ3n) is 2.36. The summed E-state index contributed by atoms with van der Waals surface area (Å²) in [5.41, 5.74) is 0. The number of hydrogen-bond donors (Lipinski definition) is 2. The van der Waals surface area contributed by atoms with Crippen LogP contribution in [0.3, 0.4) is 0 Å². The topological polar surface area (TPSA) is 102 Å². The molecule has 94 valence electrons. The molecule has 2 N–H and O–H groups in total. The minimum Gasteiger partial charge on any atom is -0.411 e. The van der Waals surface area contributed by atoms with Gasteiger partial charge in [0.25, 0.3) is 0 Å². The summed E-state index contributed by atoms with van der Waals surface area (Å²) in [5.74, 6) is -1.51. The summed E-state index contributed by atoms with van der Waals surface area (Å²) in [6.45, 7) is 2.70. The molecule has 0 aromatic rings. The monoisotopic (exact) mass is 242 g/mol. The van der Waals surface area contributed by atoms with Gasteiger partial charge < -0.3 is 15.4 Å². The van der Waals surface area contributed by atoms with Crippen molar-refractivity contribution >= 4 is 24.1 Å². The minimum absolute atomic E-state index is 0.00913. The van der Waals surface area contributed by atoms with Crippen molar-refractivity contribution in [1.29, 1.82) is 0 Å². The van der Waals surface area contributed by atoms with Crippen molar-refractivity contribution in [2.24, 2.45) is 5.16 Å². The maximum Gasteiger partial charge on any atom is 0.324 e. The Hall–Kier alpha value is -2.12. The summed E-state index contributed by atoms with van der Waals surface area (Å²) in [7, 11) is 0. The summed E-state index contributed by atoms with van der Waals surface area (Å²) < 4.78 is 0. The third kappa shape index (κ3) is 2.92. The highest BCUT2D eigenvalue weighted by molar-refractivity contribution is 6.38. The van der Waals surface area contributed by atoms with Gasteiger partial charge in [0.1, 0.15) is 0 Å². The van der Waals surface area contributed by atoms with Crippen LogP contribution in [0, 0.1) is 0 Å². The van der Waals surface area contributed by atoms with Crippen molar-refractivity contribution in [2.75, 3.05) is 26.2 Å². The molecular formula is C9H14N4O4. The van der Waals surface area contributed by atoms with E-state index in [4.69, 9.17) is 5.21 Å². The second-order valence-electron chi connectivity index (χ2n) is 3.33. The molecule has 1 heterocycles. The van der Waals surface area contributed by atoms with E-state index in [0.717, 1.165) is 11.1 Å². The summed E-state index contributed by atoms with van der Waals surface area (Å²) >= 11 is 0. The molecule has 1 rings (SSSR count). The van der Waals surface area contributed by atoms with Crippen LogP contribution in [0.15, 0.2) is 5.16 Å². The van der Waals surface area contributed by atoms with Gasteiger partial charge in [-0.25, -0.2) is 4.79 Å². The average Bonchev–Trinajstić information content (AvgIpc) is 2.32. The number of piperazine rings is 1. The summed E-state index contributed by atoms with van der Waals surface area (Å²) in [6.07, 6.45) is 1.06. The molecule has 0 saturated carbocycles. The predicted octanol–water partition coefficient (Wildman–Crippen LogP) is -1.15. The van der Waals surface area contributed by atoms with Crippen LogP contribution in [0.1, 0.15) is 6.92 Å². The van der Waals surface area contributed by atoms with Gasteiger partial charge in [-0.15, -0.1) is 5.16 Å². The number of carbonyl (C=O) groups excluding carboxylic acids is 3. The van der Waals surface area contributed by atoms with Crippen molar-refractivity contribution in [1.82, 2.24) is 15.1 Å². The molecule has 8 nitrogen and oxygen atoms in total. The fraction of sp³-hybridized carbons (Fsp3) is 0.556. The first-order chi connectivity index (χ1) is 8.11. The first kappa shape index (κ1) is 12.9. The Balaban J connectivity index is 2.58. The molecule has 0 unspecified atom stereocenters. The van der Waals surface area contributed by atoms with Gasteiger partial charge >= 0.3 is 17.8 Å². The zero-order chi connectivity index (χ0) is 12.8. The first-order valence-corrected chi connectivity index (χ1v) is 5.16. The predicted molar refractivity (Wildman–Crippen MR) is 57.6 cm³/mol. The first-order valence-electron chi connectivity index (χ1n) is 5.16. The van der Waals surface area contributed by atoms with Crippen LogP contribution in [0.4, 0.5) is 4.79 Å². The Bertz CT molecular complexity index is 355. The lowest BCUT2D eigenvalue weighted by atomic mass is 10.3. The zero-order valence-corrected chi connectivity index (χ0v) is 9.42. The number of urea groups is 1. The molecule has 17 heavy (non-hydrogen) atoms. The number of carbonyl (C=O) groups is 3. The number of amides is 4. The highest BCUT2D eigenvalue weighted by atomic mass is 16.4. The van der Waals surface area contributed by atoms with Crippen LogP contribution < -0.4 is 5.32 Å². The minimum atomic E-state index is -0.837. The number of oxime groups is 1. The molecule has 1 aliphatic heterocycles. The molecule has 0 bridgehead atoms. The van der Waals surface area contributed by atoms with E-state index in [9.17, 15) is 14.4 Å². The lowest BCUT2D eigenvalue weighted by Crippen LogP contribution is -2.58. The number of likely N-dealkylation sites (N-methyl/N-ethyl adjacent to an activating group) is 1. The van der Waals surface area contributed by atoms with E-state index < -0.39 is 17.8 Å².